The average Bonchev–Trinajstić information content (AvgIpc) is 2.29. The Bertz CT molecular complexity index is 305. The fourth-order valence-electron chi connectivity index (χ4n) is 2.17. The van der Waals surface area contributed by atoms with Gasteiger partial charge in [-0.1, -0.05) is 6.08 Å². The molecule has 0 fully saturated rings. The first kappa shape index (κ1) is 7.78. The van der Waals surface area contributed by atoms with Crippen LogP contribution in [0.2, 0.25) is 0 Å². The maximum absolute atomic E-state index is 2.48. The molecule has 0 N–H and O–H groups in total. The third-order valence-corrected chi connectivity index (χ3v) is 2.96. The van der Waals surface area contributed by atoms with Crippen LogP contribution in [0.4, 0.5) is 0 Å². The van der Waals surface area contributed by atoms with Crippen LogP contribution >= 0.6 is 0 Å². The summed E-state index contributed by atoms with van der Waals surface area (Å²) < 4.78 is 2.48. The molecule has 1 atom stereocenters. The molecule has 0 saturated carbocycles. The molecule has 2 heterocycles. The lowest BCUT2D eigenvalue weighted by Crippen LogP contribution is -2.26. The highest BCUT2D eigenvalue weighted by Gasteiger charge is 2.31. The molecule has 2 rings (SSSR count). The molecule has 64 valence electrons. The van der Waals surface area contributed by atoms with E-state index in [1.54, 1.807) is 0 Å². The Labute approximate surface area is 74.1 Å². The Balaban J connectivity index is 2.44. The summed E-state index contributed by atoms with van der Waals surface area (Å²) in [5, 5.41) is 0. The van der Waals surface area contributed by atoms with Crippen LogP contribution < -0.4 is 0 Å². The molecule has 0 amide bonds. The minimum atomic E-state index is 0.669. The van der Waals surface area contributed by atoms with Crippen molar-refractivity contribution in [1.82, 2.24) is 0 Å². The maximum atomic E-state index is 2.48. The van der Waals surface area contributed by atoms with Crippen molar-refractivity contribution in [1.29, 1.82) is 0 Å². The second-order valence-corrected chi connectivity index (χ2v) is 3.89. The number of hydrogen-bond donors (Lipinski definition) is 0. The van der Waals surface area contributed by atoms with E-state index in [0.717, 1.165) is 6.42 Å². The van der Waals surface area contributed by atoms with Crippen LogP contribution in [-0.2, 0) is 0 Å². The van der Waals surface area contributed by atoms with Gasteiger partial charge >= 0.3 is 0 Å². The zero-order valence-corrected chi connectivity index (χ0v) is 8.09. The van der Waals surface area contributed by atoms with Crippen LogP contribution in [0.15, 0.2) is 23.4 Å². The van der Waals surface area contributed by atoms with Crippen molar-refractivity contribution in [2.24, 2.45) is 0 Å². The van der Waals surface area contributed by atoms with Crippen LogP contribution in [-0.4, -0.2) is 16.3 Å². The van der Waals surface area contributed by atoms with Gasteiger partial charge in [-0.15, -0.1) is 0 Å². The van der Waals surface area contributed by atoms with Gasteiger partial charge in [0, 0.05) is 25.0 Å². The van der Waals surface area contributed by atoms with Crippen molar-refractivity contribution in [3.8, 4) is 0 Å². The third-order valence-electron chi connectivity index (χ3n) is 2.96. The quantitative estimate of drug-likeness (QED) is 0.481. The average molecular weight is 162 g/mol. The Morgan fingerprint density at radius 1 is 1.42 bits per heavy atom. The summed E-state index contributed by atoms with van der Waals surface area (Å²) in [6.45, 7) is 6.77. The molecule has 0 aromatic carbocycles. The summed E-state index contributed by atoms with van der Waals surface area (Å²) >= 11 is 0. The standard InChI is InChI=1S/C11H16N/c1-8-7-11-6-4-5-9(2)12(11)10(8)3/h4,6,9H,5,7H2,1-3H3/q+1. The fraction of sp³-hybridized carbons (Fsp3) is 0.545. The van der Waals surface area contributed by atoms with Gasteiger partial charge in [0.2, 0.25) is 0 Å². The summed E-state index contributed by atoms with van der Waals surface area (Å²) in [7, 11) is 0. The Morgan fingerprint density at radius 3 is 2.83 bits per heavy atom. The summed E-state index contributed by atoms with van der Waals surface area (Å²) in [5.74, 6) is 0. The fourth-order valence-corrected chi connectivity index (χ4v) is 2.17. The van der Waals surface area contributed by atoms with E-state index in [9.17, 15) is 0 Å². The van der Waals surface area contributed by atoms with Crippen molar-refractivity contribution >= 4 is 5.71 Å². The second-order valence-electron chi connectivity index (χ2n) is 3.89. The zero-order valence-electron chi connectivity index (χ0n) is 8.09. The first-order chi connectivity index (χ1) is 5.70. The van der Waals surface area contributed by atoms with E-state index in [-0.39, 0.29) is 0 Å². The van der Waals surface area contributed by atoms with Gasteiger partial charge < -0.3 is 0 Å². The van der Waals surface area contributed by atoms with Gasteiger partial charge in [-0.25, -0.2) is 0 Å². The number of hydrogen-bond acceptors (Lipinski definition) is 0. The van der Waals surface area contributed by atoms with Crippen molar-refractivity contribution < 1.29 is 4.58 Å². The lowest BCUT2D eigenvalue weighted by Gasteiger charge is -2.12. The van der Waals surface area contributed by atoms with Crippen LogP contribution in [0.25, 0.3) is 0 Å². The Hall–Kier alpha value is -0.850. The highest BCUT2D eigenvalue weighted by atomic mass is 15.1. The molecule has 0 spiro atoms. The van der Waals surface area contributed by atoms with Crippen molar-refractivity contribution in [2.75, 3.05) is 0 Å². The second kappa shape index (κ2) is 2.58. The van der Waals surface area contributed by atoms with Crippen LogP contribution in [0, 0.1) is 0 Å². The van der Waals surface area contributed by atoms with Gasteiger partial charge in [0.25, 0.3) is 0 Å². The lowest BCUT2D eigenvalue weighted by molar-refractivity contribution is -0.512. The number of allylic oxidation sites excluding steroid dienone is 3. The first-order valence-corrected chi connectivity index (χ1v) is 4.68. The molecule has 1 heteroatoms. The van der Waals surface area contributed by atoms with Crippen molar-refractivity contribution in [2.45, 2.75) is 39.7 Å². The van der Waals surface area contributed by atoms with E-state index in [4.69, 9.17) is 0 Å². The van der Waals surface area contributed by atoms with E-state index < -0.39 is 0 Å². The zero-order chi connectivity index (χ0) is 8.72. The normalized spacial score (nSPS) is 28.4. The summed E-state index contributed by atoms with van der Waals surface area (Å²) in [6.07, 6.45) is 6.92. The smallest absolute Gasteiger partial charge is 0.185 e. The van der Waals surface area contributed by atoms with E-state index in [1.807, 2.05) is 0 Å². The minimum Gasteiger partial charge on any atom is -0.197 e. The highest BCUT2D eigenvalue weighted by molar-refractivity contribution is 5.94. The summed E-state index contributed by atoms with van der Waals surface area (Å²) in [4.78, 5) is 0. The van der Waals surface area contributed by atoms with Crippen LogP contribution in [0.1, 0.15) is 33.6 Å². The topological polar surface area (TPSA) is 3.01 Å². The van der Waals surface area contributed by atoms with Crippen LogP contribution in [0.5, 0.6) is 0 Å². The molecular formula is C11H16N+. The van der Waals surface area contributed by atoms with E-state index in [0.29, 0.717) is 6.04 Å². The predicted octanol–water partition coefficient (Wildman–Crippen LogP) is 2.49. The molecule has 0 aliphatic carbocycles. The molecular weight excluding hydrogens is 146 g/mol. The van der Waals surface area contributed by atoms with Crippen molar-refractivity contribution in [3.05, 3.63) is 23.4 Å². The Morgan fingerprint density at radius 2 is 2.17 bits per heavy atom. The lowest BCUT2D eigenvalue weighted by atomic mass is 10.1. The summed E-state index contributed by atoms with van der Waals surface area (Å²) in [6, 6.07) is 0.669. The Kier molecular flexibility index (Phi) is 1.67. The summed E-state index contributed by atoms with van der Waals surface area (Å²) in [5.41, 5.74) is 4.49. The van der Waals surface area contributed by atoms with E-state index >= 15 is 0 Å². The molecule has 0 saturated heterocycles. The molecule has 0 bridgehead atoms. The molecule has 0 radical (unpaired) electrons. The van der Waals surface area contributed by atoms with Gasteiger partial charge in [0.1, 0.15) is 0 Å². The minimum absolute atomic E-state index is 0.669. The number of nitrogens with zero attached hydrogens (tertiary/aromatic N) is 1. The maximum Gasteiger partial charge on any atom is 0.185 e. The molecule has 2 aliphatic rings. The van der Waals surface area contributed by atoms with Gasteiger partial charge in [-0.2, -0.15) is 4.58 Å². The number of rotatable bonds is 0. The largest absolute Gasteiger partial charge is 0.197 e. The van der Waals surface area contributed by atoms with E-state index in [1.165, 1.54) is 23.4 Å². The molecule has 1 nitrogen and oxygen atoms in total. The highest BCUT2D eigenvalue weighted by Crippen LogP contribution is 2.24. The SMILES string of the molecule is CC1=C(C)[N+]2=C(C=CCC2C)C1. The van der Waals surface area contributed by atoms with Gasteiger partial charge in [-0.05, 0) is 13.8 Å². The molecule has 0 aromatic heterocycles. The molecule has 12 heavy (non-hydrogen) atoms. The third kappa shape index (κ3) is 0.961. The monoisotopic (exact) mass is 162 g/mol. The van der Waals surface area contributed by atoms with Gasteiger partial charge in [0.05, 0.1) is 6.42 Å². The predicted molar refractivity (Wildman–Crippen MR) is 51.5 cm³/mol. The van der Waals surface area contributed by atoms with E-state index in [2.05, 4.69) is 37.5 Å². The van der Waals surface area contributed by atoms with Crippen molar-refractivity contribution in [3.63, 3.8) is 0 Å². The first-order valence-electron chi connectivity index (χ1n) is 4.68. The molecule has 2 aliphatic heterocycles. The molecule has 0 aromatic rings. The van der Waals surface area contributed by atoms with Crippen LogP contribution in [0.3, 0.4) is 0 Å². The molecule has 1 unspecified atom stereocenters. The van der Waals surface area contributed by atoms with Gasteiger partial charge in [0.15, 0.2) is 17.5 Å². The van der Waals surface area contributed by atoms with Gasteiger partial charge in [-0.3, -0.25) is 0 Å².